The predicted octanol–water partition coefficient (Wildman–Crippen LogP) is 12.1. The van der Waals surface area contributed by atoms with E-state index in [1.807, 2.05) is 6.08 Å². The Morgan fingerprint density at radius 1 is 0.508 bits per heavy atom. The number of phosphoric ester groups is 1. The van der Waals surface area contributed by atoms with Gasteiger partial charge in [0.25, 0.3) is 0 Å². The molecular formula is C49H93O11P. The molecule has 5 N–H and O–H groups in total. The Bertz CT molecular complexity index is 1080. The SMILES string of the molecule is CCCCCCCCCCCCCCCCCC=CCCC=CC(=O)CCCCCCCCCCCCCCCCCC(=O)OC[C@H](CO)OP(=O)(O)OC[C@@H](O)[C@H](O)CO. The van der Waals surface area contributed by atoms with E-state index in [2.05, 4.69) is 23.6 Å². The van der Waals surface area contributed by atoms with Gasteiger partial charge in [-0.25, -0.2) is 4.57 Å². The number of esters is 1. The third-order valence-corrected chi connectivity index (χ3v) is 12.2. The minimum Gasteiger partial charge on any atom is -0.463 e. The summed E-state index contributed by atoms with van der Waals surface area (Å²) in [6.07, 6.45) is 46.2. The molecule has 0 saturated carbocycles. The fourth-order valence-electron chi connectivity index (χ4n) is 7.22. The zero-order valence-corrected chi connectivity index (χ0v) is 39.6. The standard InChI is InChI=1S/C49H93O11P/c1-2-3-4-5-6-7-8-9-10-11-12-13-14-15-17-20-23-26-29-32-35-38-45(52)39-36-33-30-27-24-21-18-16-19-22-25-28-31-34-37-40-49(55)58-43-46(41-50)60-61(56,57)59-44-48(54)47(53)42-51/h23,26,35,38,46-48,50-51,53-54H,2-22,24-25,27-34,36-37,39-44H2,1H3,(H,56,57)/t46-,47+,48+/m0/s1. The largest absolute Gasteiger partial charge is 0.472 e. The van der Waals surface area contributed by atoms with Crippen molar-refractivity contribution in [3.8, 4) is 0 Å². The average Bonchev–Trinajstić information content (AvgIpc) is 3.25. The Morgan fingerprint density at radius 3 is 1.38 bits per heavy atom. The normalized spacial score (nSPS) is 14.5. The molecule has 0 heterocycles. The second-order valence-corrected chi connectivity index (χ2v) is 18.5. The van der Waals surface area contributed by atoms with Crippen molar-refractivity contribution in [1.82, 2.24) is 0 Å². The van der Waals surface area contributed by atoms with Gasteiger partial charge < -0.3 is 30.1 Å². The number of phosphoric acid groups is 1. The molecule has 0 aliphatic rings. The van der Waals surface area contributed by atoms with Crippen LogP contribution in [-0.4, -0.2) is 81.8 Å². The minimum absolute atomic E-state index is 0.198. The van der Waals surface area contributed by atoms with Crippen molar-refractivity contribution in [3.05, 3.63) is 24.3 Å². The molecule has 0 bridgehead atoms. The van der Waals surface area contributed by atoms with Crippen LogP contribution in [0.4, 0.5) is 0 Å². The first kappa shape index (κ1) is 59.6. The van der Waals surface area contributed by atoms with E-state index in [4.69, 9.17) is 14.4 Å². The molecular weight excluding hydrogens is 796 g/mol. The third-order valence-electron chi connectivity index (χ3n) is 11.2. The molecule has 0 fully saturated rings. The highest BCUT2D eigenvalue weighted by Crippen LogP contribution is 2.44. The number of carbonyl (C=O) groups excluding carboxylic acids is 2. The van der Waals surface area contributed by atoms with Gasteiger partial charge in [0, 0.05) is 12.8 Å². The monoisotopic (exact) mass is 889 g/mol. The fraction of sp³-hybridized carbons (Fsp3) is 0.878. The molecule has 61 heavy (non-hydrogen) atoms. The first-order valence-electron chi connectivity index (χ1n) is 24.9. The molecule has 12 heteroatoms. The van der Waals surface area contributed by atoms with Gasteiger partial charge in [-0.2, -0.15) is 0 Å². The molecule has 0 amide bonds. The van der Waals surface area contributed by atoms with Gasteiger partial charge in [0.1, 0.15) is 24.9 Å². The van der Waals surface area contributed by atoms with Gasteiger partial charge >= 0.3 is 13.8 Å². The highest BCUT2D eigenvalue weighted by atomic mass is 31.2. The van der Waals surface area contributed by atoms with Gasteiger partial charge in [-0.1, -0.05) is 199 Å². The highest BCUT2D eigenvalue weighted by molar-refractivity contribution is 7.47. The Kier molecular flexibility index (Phi) is 44.1. The van der Waals surface area contributed by atoms with E-state index < -0.39 is 58.5 Å². The summed E-state index contributed by atoms with van der Waals surface area (Å²) in [5.41, 5.74) is 0. The molecule has 11 nitrogen and oxygen atoms in total. The topological polar surface area (TPSA) is 180 Å². The minimum atomic E-state index is -4.71. The molecule has 0 rings (SSSR count). The number of hydrogen-bond acceptors (Lipinski definition) is 10. The van der Waals surface area contributed by atoms with E-state index in [0.717, 1.165) is 44.9 Å². The van der Waals surface area contributed by atoms with E-state index in [0.29, 0.717) is 12.8 Å². The van der Waals surface area contributed by atoms with E-state index in [1.165, 1.54) is 161 Å². The van der Waals surface area contributed by atoms with E-state index in [9.17, 15) is 34.4 Å². The van der Waals surface area contributed by atoms with Gasteiger partial charge in [-0.3, -0.25) is 18.6 Å². The number of unbranched alkanes of at least 4 members (excludes halogenated alkanes) is 30. The summed E-state index contributed by atoms with van der Waals surface area (Å²) in [5.74, 6) is -0.227. The molecule has 0 aromatic heterocycles. The van der Waals surface area contributed by atoms with E-state index >= 15 is 0 Å². The number of carbonyl (C=O) groups is 2. The van der Waals surface area contributed by atoms with Crippen LogP contribution in [0.2, 0.25) is 0 Å². The van der Waals surface area contributed by atoms with Crippen LogP contribution < -0.4 is 0 Å². The lowest BCUT2D eigenvalue weighted by molar-refractivity contribution is -0.147. The van der Waals surface area contributed by atoms with Gasteiger partial charge in [0.15, 0.2) is 5.78 Å². The maximum absolute atomic E-state index is 12.2. The lowest BCUT2D eigenvalue weighted by Crippen LogP contribution is -2.33. The smallest absolute Gasteiger partial charge is 0.463 e. The fourth-order valence-corrected chi connectivity index (χ4v) is 8.13. The van der Waals surface area contributed by atoms with Crippen LogP contribution in [0.15, 0.2) is 24.3 Å². The summed E-state index contributed by atoms with van der Waals surface area (Å²) in [5, 5.41) is 37.0. The Morgan fingerprint density at radius 2 is 0.918 bits per heavy atom. The van der Waals surface area contributed by atoms with Crippen molar-refractivity contribution >= 4 is 19.6 Å². The maximum atomic E-state index is 12.2. The zero-order chi connectivity index (χ0) is 44.9. The average molecular weight is 889 g/mol. The van der Waals surface area contributed by atoms with Crippen molar-refractivity contribution in [3.63, 3.8) is 0 Å². The quantitative estimate of drug-likeness (QED) is 0.0129. The van der Waals surface area contributed by atoms with Crippen LogP contribution in [0.1, 0.15) is 232 Å². The second kappa shape index (κ2) is 45.1. The van der Waals surface area contributed by atoms with Gasteiger partial charge in [-0.05, 0) is 44.6 Å². The highest BCUT2D eigenvalue weighted by Gasteiger charge is 2.29. The Balaban J connectivity index is 3.49. The molecule has 0 aromatic carbocycles. The molecule has 0 aliphatic heterocycles. The number of allylic oxidation sites excluding steroid dienone is 4. The summed E-state index contributed by atoms with van der Waals surface area (Å²) in [6.45, 7) is -0.404. The predicted molar refractivity (Wildman–Crippen MR) is 248 cm³/mol. The summed E-state index contributed by atoms with van der Waals surface area (Å²) < 4.78 is 26.4. The zero-order valence-electron chi connectivity index (χ0n) is 38.8. The molecule has 4 atom stereocenters. The summed E-state index contributed by atoms with van der Waals surface area (Å²) in [6, 6.07) is 0. The molecule has 0 aliphatic carbocycles. The van der Waals surface area contributed by atoms with Crippen molar-refractivity contribution in [2.24, 2.45) is 0 Å². The molecule has 0 spiro atoms. The van der Waals surface area contributed by atoms with Crippen LogP contribution in [0.5, 0.6) is 0 Å². The lowest BCUT2D eigenvalue weighted by atomic mass is 10.0. The maximum Gasteiger partial charge on any atom is 0.472 e. The first-order chi connectivity index (χ1) is 29.6. The number of aliphatic hydroxyl groups excluding tert-OH is 4. The Labute approximate surface area is 372 Å². The number of hydrogen-bond donors (Lipinski definition) is 5. The van der Waals surface area contributed by atoms with E-state index in [-0.39, 0.29) is 12.2 Å². The molecule has 0 aromatic rings. The van der Waals surface area contributed by atoms with E-state index in [1.54, 1.807) is 6.08 Å². The summed E-state index contributed by atoms with van der Waals surface area (Å²) in [4.78, 5) is 33.9. The lowest BCUT2D eigenvalue weighted by Gasteiger charge is -2.21. The third kappa shape index (κ3) is 43.6. The van der Waals surface area contributed by atoms with Gasteiger partial charge in [0.05, 0.1) is 19.8 Å². The summed E-state index contributed by atoms with van der Waals surface area (Å²) >= 11 is 0. The number of aliphatic hydroxyl groups is 4. The Hall–Kier alpha value is -1.43. The number of rotatable bonds is 48. The van der Waals surface area contributed by atoms with Crippen LogP contribution in [0, 0.1) is 0 Å². The molecule has 360 valence electrons. The molecule has 1 unspecified atom stereocenters. The van der Waals surface area contributed by atoms with Crippen LogP contribution in [0.3, 0.4) is 0 Å². The number of ketones is 1. The summed E-state index contributed by atoms with van der Waals surface area (Å²) in [7, 11) is -4.71. The number of ether oxygens (including phenoxy) is 1. The van der Waals surface area contributed by atoms with Crippen LogP contribution in [-0.2, 0) is 27.9 Å². The van der Waals surface area contributed by atoms with Crippen molar-refractivity contribution in [2.75, 3.05) is 26.4 Å². The first-order valence-corrected chi connectivity index (χ1v) is 26.4. The van der Waals surface area contributed by atoms with Crippen molar-refractivity contribution < 1.29 is 53.3 Å². The van der Waals surface area contributed by atoms with Crippen molar-refractivity contribution in [1.29, 1.82) is 0 Å². The van der Waals surface area contributed by atoms with Crippen LogP contribution in [0.25, 0.3) is 0 Å². The molecule has 0 radical (unpaired) electrons. The van der Waals surface area contributed by atoms with Gasteiger partial charge in [0.2, 0.25) is 0 Å². The van der Waals surface area contributed by atoms with Crippen molar-refractivity contribution in [2.45, 2.75) is 250 Å². The second-order valence-electron chi connectivity index (χ2n) is 17.1. The van der Waals surface area contributed by atoms with Gasteiger partial charge in [-0.15, -0.1) is 0 Å². The molecule has 0 saturated heterocycles. The van der Waals surface area contributed by atoms with Crippen LogP contribution >= 0.6 is 7.82 Å².